The van der Waals surface area contributed by atoms with Gasteiger partial charge in [0.1, 0.15) is 0 Å². The molecular formula is C16H22N2O2S. The predicted octanol–water partition coefficient (Wildman–Crippen LogP) is 2.09. The normalized spacial score (nSPS) is 18.2. The van der Waals surface area contributed by atoms with E-state index >= 15 is 0 Å². The zero-order chi connectivity index (χ0) is 15.1. The zero-order valence-electron chi connectivity index (χ0n) is 12.4. The third kappa shape index (κ3) is 4.57. The largest absolute Gasteiger partial charge is 0.376 e. The summed E-state index contributed by atoms with van der Waals surface area (Å²) in [7, 11) is 0. The number of thiophene rings is 1. The van der Waals surface area contributed by atoms with E-state index < -0.39 is 0 Å². The van der Waals surface area contributed by atoms with Crippen molar-refractivity contribution in [3.63, 3.8) is 0 Å². The molecule has 1 fully saturated rings. The molecule has 1 aromatic heterocycles. The fourth-order valence-corrected chi connectivity index (χ4v) is 3.21. The maximum Gasteiger partial charge on any atom is 0.264 e. The molecule has 2 rings (SSSR count). The van der Waals surface area contributed by atoms with Gasteiger partial charge in [-0.15, -0.1) is 11.3 Å². The molecule has 1 aliphatic heterocycles. The average Bonchev–Trinajstić information content (AvgIpc) is 2.99. The quantitative estimate of drug-likeness (QED) is 0.867. The zero-order valence-corrected chi connectivity index (χ0v) is 13.2. The lowest BCUT2D eigenvalue weighted by molar-refractivity contribution is 0.00227. The monoisotopic (exact) mass is 306 g/mol. The van der Waals surface area contributed by atoms with Crippen molar-refractivity contribution in [3.8, 4) is 11.8 Å². The molecule has 1 unspecified atom stereocenters. The van der Waals surface area contributed by atoms with Crippen LogP contribution in [0.4, 0.5) is 0 Å². The number of hydrogen-bond donors (Lipinski definition) is 1. The van der Waals surface area contributed by atoms with Gasteiger partial charge in [-0.05, 0) is 31.4 Å². The second-order valence-electron chi connectivity index (χ2n) is 5.06. The minimum atomic E-state index is 0.0885. The molecule has 1 atom stereocenters. The summed E-state index contributed by atoms with van der Waals surface area (Å²) in [6.07, 6.45) is 3.24. The van der Waals surface area contributed by atoms with E-state index in [0.29, 0.717) is 13.1 Å². The van der Waals surface area contributed by atoms with Gasteiger partial charge in [-0.1, -0.05) is 18.8 Å². The highest BCUT2D eigenvalue weighted by molar-refractivity contribution is 7.14. The Hall–Kier alpha value is -1.35. The van der Waals surface area contributed by atoms with Crippen LogP contribution < -0.4 is 5.73 Å². The summed E-state index contributed by atoms with van der Waals surface area (Å²) in [4.78, 5) is 16.0. The summed E-state index contributed by atoms with van der Waals surface area (Å²) < 4.78 is 5.78. The highest BCUT2D eigenvalue weighted by Crippen LogP contribution is 2.21. The Labute approximate surface area is 130 Å². The molecule has 1 saturated heterocycles. The number of piperidine rings is 1. The highest BCUT2D eigenvalue weighted by atomic mass is 32.1. The number of ether oxygens (including phenoxy) is 1. The van der Waals surface area contributed by atoms with Gasteiger partial charge in [-0.2, -0.15) is 0 Å². The van der Waals surface area contributed by atoms with Crippen LogP contribution in [0, 0.1) is 11.8 Å². The van der Waals surface area contributed by atoms with Gasteiger partial charge < -0.3 is 15.4 Å². The first kappa shape index (κ1) is 16.0. The smallest absolute Gasteiger partial charge is 0.264 e. The van der Waals surface area contributed by atoms with E-state index in [4.69, 9.17) is 10.5 Å². The van der Waals surface area contributed by atoms with Crippen molar-refractivity contribution in [1.29, 1.82) is 0 Å². The third-order valence-electron chi connectivity index (χ3n) is 3.35. The van der Waals surface area contributed by atoms with E-state index in [0.717, 1.165) is 42.2 Å². The van der Waals surface area contributed by atoms with Crippen LogP contribution in [-0.2, 0) is 4.74 Å². The number of carbonyl (C=O) groups excluding carboxylic acids is 1. The number of nitrogens with zero attached hydrogens (tertiary/aromatic N) is 1. The van der Waals surface area contributed by atoms with Crippen molar-refractivity contribution in [3.05, 3.63) is 21.9 Å². The highest BCUT2D eigenvalue weighted by Gasteiger charge is 2.25. The van der Waals surface area contributed by atoms with E-state index in [1.165, 1.54) is 11.3 Å². The fraction of sp³-hybridized carbons (Fsp3) is 0.562. The lowest BCUT2D eigenvalue weighted by Gasteiger charge is -2.32. The van der Waals surface area contributed by atoms with Crippen LogP contribution in [-0.4, -0.2) is 43.2 Å². The van der Waals surface area contributed by atoms with Gasteiger partial charge in [0.15, 0.2) is 0 Å². The molecule has 1 amide bonds. The molecule has 0 spiro atoms. The predicted molar refractivity (Wildman–Crippen MR) is 85.4 cm³/mol. The minimum Gasteiger partial charge on any atom is -0.376 e. The van der Waals surface area contributed by atoms with Gasteiger partial charge in [0.05, 0.1) is 22.4 Å². The first-order valence-corrected chi connectivity index (χ1v) is 8.26. The maximum atomic E-state index is 12.5. The lowest BCUT2D eigenvalue weighted by Crippen LogP contribution is -2.43. The maximum absolute atomic E-state index is 12.5. The van der Waals surface area contributed by atoms with Crippen molar-refractivity contribution in [2.24, 2.45) is 5.73 Å². The first-order valence-electron chi connectivity index (χ1n) is 7.44. The molecule has 114 valence electrons. The summed E-state index contributed by atoms with van der Waals surface area (Å²) >= 11 is 1.43. The molecule has 1 aromatic rings. The van der Waals surface area contributed by atoms with E-state index in [-0.39, 0.29) is 12.0 Å². The Bertz CT molecular complexity index is 530. The number of hydrogen-bond acceptors (Lipinski definition) is 4. The Morgan fingerprint density at radius 2 is 2.43 bits per heavy atom. The summed E-state index contributed by atoms with van der Waals surface area (Å²) in [6, 6.07) is 3.74. The third-order valence-corrected chi connectivity index (χ3v) is 4.34. The molecule has 0 radical (unpaired) electrons. The van der Waals surface area contributed by atoms with Crippen molar-refractivity contribution < 1.29 is 9.53 Å². The first-order chi connectivity index (χ1) is 10.2. The van der Waals surface area contributed by atoms with Crippen LogP contribution in [0.25, 0.3) is 0 Å². The van der Waals surface area contributed by atoms with Gasteiger partial charge in [0.2, 0.25) is 0 Å². The average molecular weight is 306 g/mol. The topological polar surface area (TPSA) is 55.6 Å². The van der Waals surface area contributed by atoms with Crippen LogP contribution in [0.2, 0.25) is 0 Å². The molecule has 21 heavy (non-hydrogen) atoms. The van der Waals surface area contributed by atoms with Gasteiger partial charge in [-0.3, -0.25) is 4.79 Å². The van der Waals surface area contributed by atoms with Gasteiger partial charge in [0, 0.05) is 19.7 Å². The molecule has 0 aliphatic carbocycles. The molecule has 0 aromatic carbocycles. The van der Waals surface area contributed by atoms with Crippen LogP contribution in [0.3, 0.4) is 0 Å². The number of carbonyl (C=O) groups is 1. The fourth-order valence-electron chi connectivity index (χ4n) is 2.36. The number of amides is 1. The van der Waals surface area contributed by atoms with Crippen LogP contribution >= 0.6 is 11.3 Å². The van der Waals surface area contributed by atoms with E-state index in [1.807, 2.05) is 17.0 Å². The molecule has 1 aliphatic rings. The summed E-state index contributed by atoms with van der Waals surface area (Å²) in [5, 5.41) is 0. The van der Waals surface area contributed by atoms with E-state index in [9.17, 15) is 4.79 Å². The Morgan fingerprint density at radius 3 is 3.19 bits per heavy atom. The number of likely N-dealkylation sites (tertiary alicyclic amines) is 1. The van der Waals surface area contributed by atoms with E-state index in [2.05, 4.69) is 18.8 Å². The van der Waals surface area contributed by atoms with Crippen LogP contribution in [0.15, 0.2) is 12.1 Å². The number of rotatable bonds is 4. The molecular weight excluding hydrogens is 284 g/mol. The molecule has 0 saturated carbocycles. The van der Waals surface area contributed by atoms with Crippen LogP contribution in [0.1, 0.15) is 40.7 Å². The second kappa shape index (κ2) is 8.18. The Balaban J connectivity index is 1.97. The van der Waals surface area contributed by atoms with Gasteiger partial charge >= 0.3 is 0 Å². The Morgan fingerprint density at radius 1 is 1.57 bits per heavy atom. The molecule has 2 heterocycles. The molecule has 5 heteroatoms. The summed E-state index contributed by atoms with van der Waals surface area (Å²) in [5.74, 6) is 5.87. The Kier molecular flexibility index (Phi) is 6.24. The SMILES string of the molecule is CCCOC1CCCN(C(=O)c2ccc(C#CCN)s2)C1. The minimum absolute atomic E-state index is 0.0885. The summed E-state index contributed by atoms with van der Waals surface area (Å²) in [6.45, 7) is 4.71. The van der Waals surface area contributed by atoms with Crippen molar-refractivity contribution in [2.45, 2.75) is 32.3 Å². The van der Waals surface area contributed by atoms with Crippen molar-refractivity contribution >= 4 is 17.2 Å². The van der Waals surface area contributed by atoms with Crippen molar-refractivity contribution in [2.75, 3.05) is 26.2 Å². The lowest BCUT2D eigenvalue weighted by atomic mass is 10.1. The second-order valence-corrected chi connectivity index (χ2v) is 6.14. The van der Waals surface area contributed by atoms with Gasteiger partial charge in [0.25, 0.3) is 5.91 Å². The van der Waals surface area contributed by atoms with Crippen LogP contribution in [0.5, 0.6) is 0 Å². The van der Waals surface area contributed by atoms with E-state index in [1.54, 1.807) is 0 Å². The molecule has 0 bridgehead atoms. The molecule has 4 nitrogen and oxygen atoms in total. The number of nitrogens with two attached hydrogens (primary N) is 1. The van der Waals surface area contributed by atoms with Crippen molar-refractivity contribution in [1.82, 2.24) is 4.90 Å². The summed E-state index contributed by atoms with van der Waals surface area (Å²) in [5.41, 5.74) is 5.36. The van der Waals surface area contributed by atoms with Gasteiger partial charge in [-0.25, -0.2) is 0 Å². The standard InChI is InChI=1S/C16H22N2O2S/c1-2-11-20-13-5-4-10-18(12-13)16(19)15-8-7-14(21-15)6-3-9-17/h7-8,13H,2,4-5,9-12,17H2,1H3. The molecule has 2 N–H and O–H groups in total.